The molecule has 3 rings (SSSR count). The molecule has 168 valence electrons. The summed E-state index contributed by atoms with van der Waals surface area (Å²) in [6.07, 6.45) is 2.40. The molecular weight excluding hydrogens is 446 g/mol. The molecule has 0 fully saturated rings. The van der Waals surface area contributed by atoms with E-state index < -0.39 is 5.25 Å². The Morgan fingerprint density at radius 1 is 1.25 bits per heavy atom. The summed E-state index contributed by atoms with van der Waals surface area (Å²) < 4.78 is 1.79. The standard InChI is InChI=1S/C23H26ClN5O2S/c1-5-17-8-6-7-9-20(17)26-21(30)13-28(4)22(31)16(3)32-23-27-25-14-29(23)18-11-10-15(2)19(24)12-18/h6-12,14,16H,5,13H2,1-4H3,(H,26,30). The fourth-order valence-corrected chi connectivity index (χ4v) is 4.30. The Kier molecular flexibility index (Phi) is 7.93. The number of thioether (sulfide) groups is 1. The van der Waals surface area contributed by atoms with Crippen LogP contribution in [0.4, 0.5) is 5.69 Å². The highest BCUT2D eigenvalue weighted by Crippen LogP contribution is 2.27. The van der Waals surface area contributed by atoms with Crippen LogP contribution in [0.2, 0.25) is 5.02 Å². The van der Waals surface area contributed by atoms with Crippen molar-refractivity contribution >= 4 is 40.9 Å². The highest BCUT2D eigenvalue weighted by Gasteiger charge is 2.23. The number of aryl methyl sites for hydroxylation is 2. The van der Waals surface area contributed by atoms with E-state index in [9.17, 15) is 9.59 Å². The van der Waals surface area contributed by atoms with Gasteiger partial charge >= 0.3 is 0 Å². The monoisotopic (exact) mass is 471 g/mol. The lowest BCUT2D eigenvalue weighted by Crippen LogP contribution is -2.39. The van der Waals surface area contributed by atoms with Crippen LogP contribution < -0.4 is 5.32 Å². The molecule has 9 heteroatoms. The number of anilines is 1. The van der Waals surface area contributed by atoms with Gasteiger partial charge in [-0.25, -0.2) is 0 Å². The number of nitrogens with zero attached hydrogens (tertiary/aromatic N) is 4. The van der Waals surface area contributed by atoms with Crippen LogP contribution in [0.3, 0.4) is 0 Å². The van der Waals surface area contributed by atoms with Gasteiger partial charge in [-0.15, -0.1) is 10.2 Å². The topological polar surface area (TPSA) is 80.1 Å². The van der Waals surface area contributed by atoms with Gasteiger partial charge in [-0.3, -0.25) is 14.2 Å². The minimum atomic E-state index is -0.459. The molecule has 1 aromatic heterocycles. The number of rotatable bonds is 8. The van der Waals surface area contributed by atoms with Gasteiger partial charge in [-0.05, 0) is 49.6 Å². The van der Waals surface area contributed by atoms with Crippen LogP contribution >= 0.6 is 23.4 Å². The summed E-state index contributed by atoms with van der Waals surface area (Å²) in [5.74, 6) is -0.415. The van der Waals surface area contributed by atoms with E-state index in [1.807, 2.05) is 56.3 Å². The van der Waals surface area contributed by atoms with Gasteiger partial charge in [0.25, 0.3) is 0 Å². The lowest BCUT2D eigenvalue weighted by Gasteiger charge is -2.21. The summed E-state index contributed by atoms with van der Waals surface area (Å²) in [4.78, 5) is 26.8. The third-order valence-electron chi connectivity index (χ3n) is 5.01. The van der Waals surface area contributed by atoms with Gasteiger partial charge in [0, 0.05) is 17.8 Å². The average molecular weight is 472 g/mol. The molecule has 2 amide bonds. The van der Waals surface area contributed by atoms with Crippen molar-refractivity contribution in [1.29, 1.82) is 0 Å². The summed E-state index contributed by atoms with van der Waals surface area (Å²) >= 11 is 7.53. The largest absolute Gasteiger partial charge is 0.335 e. The maximum atomic E-state index is 12.9. The molecule has 0 aliphatic rings. The maximum absolute atomic E-state index is 12.9. The normalized spacial score (nSPS) is 11.8. The van der Waals surface area contributed by atoms with Crippen molar-refractivity contribution in [1.82, 2.24) is 19.7 Å². The molecule has 0 saturated carbocycles. The average Bonchev–Trinajstić information content (AvgIpc) is 3.23. The van der Waals surface area contributed by atoms with Gasteiger partial charge in [-0.1, -0.05) is 54.6 Å². The van der Waals surface area contributed by atoms with Crippen molar-refractivity contribution in [2.45, 2.75) is 37.6 Å². The van der Waals surface area contributed by atoms with Crippen LogP contribution in [0.1, 0.15) is 25.0 Å². The number of likely N-dealkylation sites (N-methyl/N-ethyl adjacent to an activating group) is 1. The Bertz CT molecular complexity index is 1120. The number of benzene rings is 2. The van der Waals surface area contributed by atoms with Crippen LogP contribution in [-0.4, -0.2) is 50.3 Å². The van der Waals surface area contributed by atoms with Gasteiger partial charge in [0.2, 0.25) is 11.8 Å². The molecule has 1 heterocycles. The number of carbonyl (C=O) groups excluding carboxylic acids is 2. The van der Waals surface area contributed by atoms with E-state index in [0.29, 0.717) is 10.2 Å². The first-order valence-corrected chi connectivity index (χ1v) is 11.5. The van der Waals surface area contributed by atoms with E-state index in [1.165, 1.54) is 16.7 Å². The van der Waals surface area contributed by atoms with Gasteiger partial charge in [0.1, 0.15) is 6.33 Å². The molecule has 0 aliphatic carbocycles. The van der Waals surface area contributed by atoms with Crippen molar-refractivity contribution in [3.8, 4) is 5.69 Å². The lowest BCUT2D eigenvalue weighted by molar-refractivity contribution is -0.132. The van der Waals surface area contributed by atoms with E-state index in [0.717, 1.165) is 28.9 Å². The van der Waals surface area contributed by atoms with Crippen LogP contribution in [0.25, 0.3) is 5.69 Å². The van der Waals surface area contributed by atoms with E-state index in [4.69, 9.17) is 11.6 Å². The van der Waals surface area contributed by atoms with E-state index in [-0.39, 0.29) is 18.4 Å². The van der Waals surface area contributed by atoms with Gasteiger partial charge in [-0.2, -0.15) is 0 Å². The number of nitrogens with one attached hydrogen (secondary N) is 1. The summed E-state index contributed by atoms with van der Waals surface area (Å²) in [5.41, 5.74) is 3.61. The Morgan fingerprint density at radius 3 is 2.72 bits per heavy atom. The molecule has 1 unspecified atom stereocenters. The molecule has 0 aliphatic heterocycles. The fourth-order valence-electron chi connectivity index (χ4n) is 3.17. The Balaban J connectivity index is 1.63. The van der Waals surface area contributed by atoms with Crippen LogP contribution in [0.15, 0.2) is 53.9 Å². The first kappa shape index (κ1) is 23.8. The number of carbonyl (C=O) groups is 2. The number of hydrogen-bond donors (Lipinski definition) is 1. The molecule has 3 aromatic rings. The third-order valence-corrected chi connectivity index (χ3v) is 6.46. The summed E-state index contributed by atoms with van der Waals surface area (Å²) in [7, 11) is 1.62. The molecule has 1 atom stereocenters. The van der Waals surface area contributed by atoms with Crippen LogP contribution in [-0.2, 0) is 16.0 Å². The summed E-state index contributed by atoms with van der Waals surface area (Å²) in [6, 6.07) is 13.3. The number of amides is 2. The molecule has 0 radical (unpaired) electrons. The molecular formula is C23H26ClN5O2S. The number of para-hydroxylation sites is 1. The second-order valence-electron chi connectivity index (χ2n) is 7.43. The molecule has 0 saturated heterocycles. The smallest absolute Gasteiger partial charge is 0.243 e. The van der Waals surface area contributed by atoms with E-state index in [2.05, 4.69) is 15.5 Å². The SMILES string of the molecule is CCc1ccccc1NC(=O)CN(C)C(=O)C(C)Sc1nncn1-c1ccc(C)c(Cl)c1. The zero-order valence-corrected chi connectivity index (χ0v) is 20.1. The van der Waals surface area contributed by atoms with Gasteiger partial charge in [0.05, 0.1) is 17.5 Å². The Hall–Kier alpha value is -2.84. The summed E-state index contributed by atoms with van der Waals surface area (Å²) in [6.45, 7) is 5.71. The lowest BCUT2D eigenvalue weighted by atomic mass is 10.1. The summed E-state index contributed by atoms with van der Waals surface area (Å²) in [5, 5.41) is 11.8. The molecule has 32 heavy (non-hydrogen) atoms. The van der Waals surface area contributed by atoms with Crippen LogP contribution in [0.5, 0.6) is 0 Å². The van der Waals surface area contributed by atoms with Crippen molar-refractivity contribution in [2.75, 3.05) is 18.9 Å². The maximum Gasteiger partial charge on any atom is 0.243 e. The zero-order valence-electron chi connectivity index (χ0n) is 18.5. The molecule has 1 N–H and O–H groups in total. The van der Waals surface area contributed by atoms with Crippen molar-refractivity contribution < 1.29 is 9.59 Å². The predicted octanol–water partition coefficient (Wildman–Crippen LogP) is 4.37. The quantitative estimate of drug-likeness (QED) is 0.493. The highest BCUT2D eigenvalue weighted by molar-refractivity contribution is 8.00. The fraction of sp³-hybridized carbons (Fsp3) is 0.304. The molecule has 0 bridgehead atoms. The zero-order chi connectivity index (χ0) is 23.3. The van der Waals surface area contributed by atoms with Crippen molar-refractivity contribution in [3.63, 3.8) is 0 Å². The highest BCUT2D eigenvalue weighted by atomic mass is 35.5. The van der Waals surface area contributed by atoms with Crippen molar-refractivity contribution in [3.05, 3.63) is 64.9 Å². The van der Waals surface area contributed by atoms with E-state index >= 15 is 0 Å². The van der Waals surface area contributed by atoms with Crippen LogP contribution in [0, 0.1) is 6.92 Å². The second-order valence-corrected chi connectivity index (χ2v) is 9.15. The number of halogens is 1. The van der Waals surface area contributed by atoms with Gasteiger partial charge < -0.3 is 10.2 Å². The molecule has 7 nitrogen and oxygen atoms in total. The number of aromatic nitrogens is 3. The Labute approximate surface area is 197 Å². The van der Waals surface area contributed by atoms with Gasteiger partial charge in [0.15, 0.2) is 5.16 Å². The predicted molar refractivity (Wildman–Crippen MR) is 129 cm³/mol. The van der Waals surface area contributed by atoms with E-state index in [1.54, 1.807) is 24.9 Å². The third kappa shape index (κ3) is 5.69. The second kappa shape index (κ2) is 10.7. The number of hydrogen-bond acceptors (Lipinski definition) is 5. The minimum absolute atomic E-state index is 0.0396. The molecule has 2 aromatic carbocycles. The Morgan fingerprint density at radius 2 is 2.00 bits per heavy atom. The first-order chi connectivity index (χ1) is 15.3. The minimum Gasteiger partial charge on any atom is -0.335 e. The van der Waals surface area contributed by atoms with Crippen molar-refractivity contribution in [2.24, 2.45) is 0 Å². The molecule has 0 spiro atoms. The first-order valence-electron chi connectivity index (χ1n) is 10.3.